The molecule has 1 heterocycles. The molecule has 0 saturated carbocycles. The molecule has 0 amide bonds. The lowest BCUT2D eigenvalue weighted by atomic mass is 10.1. The molecule has 0 radical (unpaired) electrons. The Morgan fingerprint density at radius 1 is 1.62 bits per heavy atom. The van der Waals surface area contributed by atoms with Gasteiger partial charge in [-0.25, -0.2) is 0 Å². The minimum atomic E-state index is -0.344. The fourth-order valence-electron chi connectivity index (χ4n) is 1.25. The van der Waals surface area contributed by atoms with Crippen molar-refractivity contribution in [3.05, 3.63) is 44.3 Å². The van der Waals surface area contributed by atoms with Crippen LogP contribution in [0.1, 0.15) is 26.0 Å². The van der Waals surface area contributed by atoms with Crippen LogP contribution < -0.4 is 0 Å². The molecule has 0 N–H and O–H groups in total. The molecule has 0 fully saturated rings. The molecule has 1 aromatic rings. The van der Waals surface area contributed by atoms with Crippen LogP contribution in [0.5, 0.6) is 0 Å². The Balaban J connectivity index is 2.93. The number of hydrogen-bond acceptors (Lipinski definition) is 3. The molecular formula is C11H13BrN2O2. The first-order chi connectivity index (χ1) is 7.49. The van der Waals surface area contributed by atoms with Crippen molar-refractivity contribution in [2.75, 3.05) is 0 Å². The predicted molar refractivity (Wildman–Crippen MR) is 66.4 cm³/mol. The van der Waals surface area contributed by atoms with Crippen LogP contribution in [0.4, 0.5) is 0 Å². The Bertz CT molecular complexity index is 399. The zero-order chi connectivity index (χ0) is 12.1. The molecule has 5 heteroatoms. The Morgan fingerprint density at radius 2 is 2.31 bits per heavy atom. The molecule has 1 rings (SSSR count). The average molecular weight is 285 g/mol. The van der Waals surface area contributed by atoms with Crippen LogP contribution in [0, 0.1) is 16.0 Å². The summed E-state index contributed by atoms with van der Waals surface area (Å²) in [5.74, 6) is 0.257. The summed E-state index contributed by atoms with van der Waals surface area (Å²) in [5.41, 5.74) is 0.806. The van der Waals surface area contributed by atoms with Gasteiger partial charge in [-0.1, -0.05) is 13.8 Å². The van der Waals surface area contributed by atoms with Gasteiger partial charge in [0.25, 0.3) is 0 Å². The summed E-state index contributed by atoms with van der Waals surface area (Å²) in [6.45, 7) is 3.90. The molecule has 0 atom stereocenters. The van der Waals surface area contributed by atoms with Crippen molar-refractivity contribution >= 4 is 22.0 Å². The number of aromatic nitrogens is 1. The summed E-state index contributed by atoms with van der Waals surface area (Å²) in [4.78, 5) is 14.5. The van der Waals surface area contributed by atoms with E-state index in [1.165, 1.54) is 6.08 Å². The second-order valence-electron chi connectivity index (χ2n) is 3.89. The standard InChI is InChI=1S/C11H13BrN2O2/c1-8(2)5-11(14(15)16)6-10-4-3-9(12)7-13-10/h3-4,6-8H,5H2,1-2H3/b11-6-. The van der Waals surface area contributed by atoms with Crippen molar-refractivity contribution in [2.24, 2.45) is 5.92 Å². The zero-order valence-electron chi connectivity index (χ0n) is 9.18. The van der Waals surface area contributed by atoms with Crippen molar-refractivity contribution in [3.63, 3.8) is 0 Å². The van der Waals surface area contributed by atoms with E-state index in [1.54, 1.807) is 12.3 Å². The van der Waals surface area contributed by atoms with Gasteiger partial charge in [0, 0.05) is 23.2 Å². The van der Waals surface area contributed by atoms with E-state index in [4.69, 9.17) is 0 Å². The smallest absolute Gasteiger partial charge is 0.248 e. The zero-order valence-corrected chi connectivity index (χ0v) is 10.8. The number of allylic oxidation sites excluding steroid dienone is 1. The largest absolute Gasteiger partial charge is 0.259 e. The lowest BCUT2D eigenvalue weighted by Crippen LogP contribution is -2.02. The van der Waals surface area contributed by atoms with Gasteiger partial charge in [-0.15, -0.1) is 0 Å². The van der Waals surface area contributed by atoms with E-state index >= 15 is 0 Å². The van der Waals surface area contributed by atoms with E-state index in [-0.39, 0.29) is 16.5 Å². The number of nitro groups is 1. The average Bonchev–Trinajstić information content (AvgIpc) is 2.19. The van der Waals surface area contributed by atoms with Gasteiger partial charge in [0.15, 0.2) is 0 Å². The van der Waals surface area contributed by atoms with Crippen LogP contribution in [-0.2, 0) is 0 Å². The molecule has 0 aliphatic heterocycles. The van der Waals surface area contributed by atoms with Gasteiger partial charge >= 0.3 is 0 Å². The first-order valence-electron chi connectivity index (χ1n) is 4.95. The molecule has 0 spiro atoms. The van der Waals surface area contributed by atoms with Gasteiger partial charge < -0.3 is 0 Å². The molecule has 86 valence electrons. The molecule has 0 unspecified atom stereocenters. The summed E-state index contributed by atoms with van der Waals surface area (Å²) >= 11 is 3.26. The van der Waals surface area contributed by atoms with Crippen molar-refractivity contribution in [3.8, 4) is 0 Å². The van der Waals surface area contributed by atoms with E-state index in [0.29, 0.717) is 12.1 Å². The quantitative estimate of drug-likeness (QED) is 0.628. The van der Waals surface area contributed by atoms with Gasteiger partial charge in [-0.3, -0.25) is 15.1 Å². The lowest BCUT2D eigenvalue weighted by molar-refractivity contribution is -0.427. The molecule has 0 aliphatic carbocycles. The van der Waals surface area contributed by atoms with Crippen molar-refractivity contribution in [1.82, 2.24) is 4.98 Å². The second-order valence-corrected chi connectivity index (χ2v) is 4.81. The predicted octanol–water partition coefficient (Wildman–Crippen LogP) is 3.51. The molecule has 0 aliphatic rings. The SMILES string of the molecule is CC(C)C/C(=C/c1ccc(Br)cn1)[N+](=O)[O-]. The minimum Gasteiger partial charge on any atom is -0.259 e. The Hall–Kier alpha value is -1.23. The first-order valence-corrected chi connectivity index (χ1v) is 5.75. The third-order valence-electron chi connectivity index (χ3n) is 1.92. The number of nitrogens with zero attached hydrogens (tertiary/aromatic N) is 2. The monoisotopic (exact) mass is 284 g/mol. The third kappa shape index (κ3) is 4.10. The molecule has 1 aromatic heterocycles. The van der Waals surface area contributed by atoms with E-state index in [0.717, 1.165) is 4.47 Å². The summed E-state index contributed by atoms with van der Waals surface area (Å²) in [7, 11) is 0. The van der Waals surface area contributed by atoms with Crippen LogP contribution in [0.25, 0.3) is 6.08 Å². The Kier molecular flexibility index (Phi) is 4.61. The Labute approximate surface area is 103 Å². The van der Waals surface area contributed by atoms with Crippen LogP contribution >= 0.6 is 15.9 Å². The maximum atomic E-state index is 10.8. The highest BCUT2D eigenvalue weighted by atomic mass is 79.9. The molecular weight excluding hydrogens is 272 g/mol. The van der Waals surface area contributed by atoms with Gasteiger partial charge in [0.2, 0.25) is 5.70 Å². The number of halogens is 1. The highest BCUT2D eigenvalue weighted by molar-refractivity contribution is 9.10. The van der Waals surface area contributed by atoms with Gasteiger partial charge in [0.05, 0.1) is 10.6 Å². The number of hydrogen-bond donors (Lipinski definition) is 0. The van der Waals surface area contributed by atoms with Crippen LogP contribution in [-0.4, -0.2) is 9.91 Å². The number of pyridine rings is 1. The van der Waals surface area contributed by atoms with Crippen molar-refractivity contribution < 1.29 is 4.92 Å². The third-order valence-corrected chi connectivity index (χ3v) is 2.39. The topological polar surface area (TPSA) is 56.0 Å². The van der Waals surface area contributed by atoms with Gasteiger partial charge in [-0.05, 0) is 34.0 Å². The maximum absolute atomic E-state index is 10.8. The molecule has 0 saturated heterocycles. The van der Waals surface area contributed by atoms with Gasteiger partial charge in [0.1, 0.15) is 0 Å². The highest BCUT2D eigenvalue weighted by Gasteiger charge is 2.13. The summed E-state index contributed by atoms with van der Waals surface area (Å²) in [6.07, 6.45) is 3.59. The Morgan fingerprint density at radius 3 is 2.75 bits per heavy atom. The van der Waals surface area contributed by atoms with Crippen LogP contribution in [0.15, 0.2) is 28.5 Å². The molecule has 4 nitrogen and oxygen atoms in total. The lowest BCUT2D eigenvalue weighted by Gasteiger charge is -2.01. The van der Waals surface area contributed by atoms with E-state index in [1.807, 2.05) is 19.9 Å². The molecule has 0 aromatic carbocycles. The van der Waals surface area contributed by atoms with E-state index < -0.39 is 0 Å². The van der Waals surface area contributed by atoms with Crippen molar-refractivity contribution in [1.29, 1.82) is 0 Å². The van der Waals surface area contributed by atoms with Crippen LogP contribution in [0.3, 0.4) is 0 Å². The maximum Gasteiger partial charge on any atom is 0.248 e. The minimum absolute atomic E-state index is 0.199. The highest BCUT2D eigenvalue weighted by Crippen LogP contribution is 2.15. The molecule has 16 heavy (non-hydrogen) atoms. The normalized spacial score (nSPS) is 11.9. The van der Waals surface area contributed by atoms with E-state index in [2.05, 4.69) is 20.9 Å². The molecule has 0 bridgehead atoms. The van der Waals surface area contributed by atoms with Crippen molar-refractivity contribution in [2.45, 2.75) is 20.3 Å². The fourth-order valence-corrected chi connectivity index (χ4v) is 1.48. The second kappa shape index (κ2) is 5.75. The summed E-state index contributed by atoms with van der Waals surface area (Å²) in [6, 6.07) is 3.56. The summed E-state index contributed by atoms with van der Waals surface area (Å²) in [5, 5.41) is 10.8. The van der Waals surface area contributed by atoms with E-state index in [9.17, 15) is 10.1 Å². The number of rotatable bonds is 4. The fraction of sp³-hybridized carbons (Fsp3) is 0.364. The summed E-state index contributed by atoms with van der Waals surface area (Å²) < 4.78 is 0.858. The van der Waals surface area contributed by atoms with Crippen LogP contribution in [0.2, 0.25) is 0 Å². The van der Waals surface area contributed by atoms with Gasteiger partial charge in [-0.2, -0.15) is 0 Å². The first kappa shape index (κ1) is 12.8.